The quantitative estimate of drug-likeness (QED) is 0.123. The van der Waals surface area contributed by atoms with E-state index in [1.54, 1.807) is 13.0 Å². The summed E-state index contributed by atoms with van der Waals surface area (Å²) in [4.78, 5) is 46.2. The summed E-state index contributed by atoms with van der Waals surface area (Å²) in [5.74, 6) is -3.89. The van der Waals surface area contributed by atoms with Gasteiger partial charge in [0.05, 0.1) is 11.1 Å². The molecule has 4 N–H and O–H groups in total. The van der Waals surface area contributed by atoms with Crippen LogP contribution in [0.4, 0.5) is 0 Å². The number of hydrogen-bond donors (Lipinski definition) is 4. The number of likely N-dealkylation sites (tertiary alicyclic amines) is 1. The van der Waals surface area contributed by atoms with Gasteiger partial charge in [0, 0.05) is 41.0 Å². The lowest BCUT2D eigenvalue weighted by atomic mass is 9.82. The lowest BCUT2D eigenvalue weighted by Crippen LogP contribution is -2.31. The molecule has 4 aromatic rings. The van der Waals surface area contributed by atoms with Gasteiger partial charge < -0.3 is 30.1 Å². The SMILES string of the molecule is CN1CCCC1CCOC(C)(c1ccccc1)c1ccc(Cl)cc1.Cc1cc(O)c2c(c1)C(=O)c1cccc(O)c1C2=O.O=C(O)C=CC(=O)O. The number of ether oxygens (including phenoxy) is 1. The molecule has 266 valence electrons. The summed E-state index contributed by atoms with van der Waals surface area (Å²) in [5.41, 5.74) is 2.82. The van der Waals surface area contributed by atoms with Crippen molar-refractivity contribution in [3.8, 4) is 11.5 Å². The molecule has 6 rings (SSSR count). The minimum atomic E-state index is -1.26. The van der Waals surface area contributed by atoms with E-state index in [1.165, 1.54) is 49.2 Å². The molecule has 4 aromatic carbocycles. The number of hydrogen-bond acceptors (Lipinski definition) is 8. The second-order valence-corrected chi connectivity index (χ2v) is 12.8. The van der Waals surface area contributed by atoms with Gasteiger partial charge in [-0.05, 0) is 93.7 Å². The van der Waals surface area contributed by atoms with Gasteiger partial charge in [0.25, 0.3) is 0 Å². The molecule has 2 atom stereocenters. The van der Waals surface area contributed by atoms with Crippen molar-refractivity contribution in [2.45, 2.75) is 44.8 Å². The van der Waals surface area contributed by atoms with E-state index in [4.69, 9.17) is 26.6 Å². The van der Waals surface area contributed by atoms with Crippen molar-refractivity contribution in [3.63, 3.8) is 0 Å². The zero-order chi connectivity index (χ0) is 37.3. The molecule has 0 amide bonds. The number of carboxylic acid groups (broad SMARTS) is 2. The van der Waals surface area contributed by atoms with Crippen LogP contribution < -0.4 is 0 Å². The first kappa shape index (κ1) is 38.5. The Morgan fingerprint density at radius 2 is 1.45 bits per heavy atom. The van der Waals surface area contributed by atoms with Crippen molar-refractivity contribution in [1.82, 2.24) is 4.90 Å². The topological polar surface area (TPSA) is 162 Å². The maximum absolute atomic E-state index is 12.3. The first-order chi connectivity index (χ1) is 24.2. The highest BCUT2D eigenvalue weighted by Crippen LogP contribution is 2.37. The number of rotatable bonds is 8. The number of carboxylic acids is 2. The second kappa shape index (κ2) is 17.1. The predicted molar refractivity (Wildman–Crippen MR) is 193 cm³/mol. The lowest BCUT2D eigenvalue weighted by Gasteiger charge is -2.32. The Morgan fingerprint density at radius 3 is 2.04 bits per heavy atom. The van der Waals surface area contributed by atoms with Crippen molar-refractivity contribution in [1.29, 1.82) is 0 Å². The number of fused-ring (bicyclic) bond motifs is 2. The number of nitrogens with zero attached hydrogens (tertiary/aromatic N) is 1. The molecule has 0 aromatic heterocycles. The number of phenolic OH excluding ortho intramolecular Hbond substituents is 2. The monoisotopic (exact) mass is 713 g/mol. The molecule has 1 saturated heterocycles. The molecule has 1 aliphatic heterocycles. The Hall–Kier alpha value is -5.29. The minimum Gasteiger partial charge on any atom is -0.507 e. The predicted octanol–water partition coefficient (Wildman–Crippen LogP) is 7.00. The van der Waals surface area contributed by atoms with Gasteiger partial charge in [0.1, 0.15) is 17.1 Å². The standard InChI is InChI=1S/C21H26ClNO.C15H10O4.C4H4O4/c1-21(17-7-4-3-5-8-17,18-10-12-19(22)13-11-18)24-16-14-20-9-6-15-23(20)2;1-7-5-9-13(11(17)6-7)15(19)12-8(14(9)18)3-2-4-10(12)16;5-3(6)1-2-4(7)8/h3-5,7-8,10-13,20H,6,9,14-16H2,1-2H3;2-6,16-17H,1H3;1-2H,(H,5,6)(H,7,8). The molecule has 0 radical (unpaired) electrons. The number of aromatic hydroxyl groups is 2. The second-order valence-electron chi connectivity index (χ2n) is 12.4. The molecule has 1 heterocycles. The molecule has 2 aliphatic rings. The number of ketones is 2. The van der Waals surface area contributed by atoms with Crippen molar-refractivity contribution >= 4 is 35.1 Å². The fourth-order valence-electron chi connectivity index (χ4n) is 6.17. The van der Waals surface area contributed by atoms with Gasteiger partial charge in [-0.15, -0.1) is 0 Å². The molecule has 2 unspecified atom stereocenters. The van der Waals surface area contributed by atoms with Crippen LogP contribution in [0.5, 0.6) is 11.5 Å². The van der Waals surface area contributed by atoms with Crippen LogP contribution in [-0.4, -0.2) is 75.1 Å². The molecular weight excluding hydrogens is 674 g/mol. The summed E-state index contributed by atoms with van der Waals surface area (Å²) in [6.45, 7) is 5.85. The number of carbonyl (C=O) groups excluding carboxylic acids is 2. The summed E-state index contributed by atoms with van der Waals surface area (Å²) in [5, 5.41) is 36.0. The van der Waals surface area contributed by atoms with Crippen LogP contribution in [-0.2, 0) is 19.9 Å². The third-order valence-corrected chi connectivity index (χ3v) is 9.10. The van der Waals surface area contributed by atoms with Crippen LogP contribution in [0.15, 0.2) is 97.1 Å². The Labute approximate surface area is 301 Å². The highest BCUT2D eigenvalue weighted by atomic mass is 35.5. The maximum Gasteiger partial charge on any atom is 0.328 e. The van der Waals surface area contributed by atoms with E-state index in [1.807, 2.05) is 18.2 Å². The van der Waals surface area contributed by atoms with Gasteiger partial charge in [-0.2, -0.15) is 0 Å². The van der Waals surface area contributed by atoms with Crippen molar-refractivity contribution in [2.75, 3.05) is 20.2 Å². The number of benzene rings is 4. The van der Waals surface area contributed by atoms with E-state index in [0.717, 1.165) is 23.6 Å². The summed E-state index contributed by atoms with van der Waals surface area (Å²) < 4.78 is 6.48. The van der Waals surface area contributed by atoms with Crippen LogP contribution in [0.3, 0.4) is 0 Å². The molecule has 1 fully saturated rings. The summed E-state index contributed by atoms with van der Waals surface area (Å²) in [6, 6.07) is 26.5. The molecular formula is C40H40ClNO9. The third-order valence-electron chi connectivity index (χ3n) is 8.85. The molecule has 11 heteroatoms. The number of phenols is 2. The average Bonchev–Trinajstić information content (AvgIpc) is 3.51. The van der Waals surface area contributed by atoms with Crippen LogP contribution in [0.2, 0.25) is 5.02 Å². The largest absolute Gasteiger partial charge is 0.507 e. The molecule has 51 heavy (non-hydrogen) atoms. The van der Waals surface area contributed by atoms with Crippen LogP contribution >= 0.6 is 11.6 Å². The van der Waals surface area contributed by atoms with Crippen molar-refractivity contribution in [2.24, 2.45) is 0 Å². The van der Waals surface area contributed by atoms with Gasteiger partial charge in [0.2, 0.25) is 5.78 Å². The molecule has 0 bridgehead atoms. The Balaban J connectivity index is 0.000000192. The van der Waals surface area contributed by atoms with Gasteiger partial charge in [0.15, 0.2) is 5.78 Å². The van der Waals surface area contributed by atoms with Gasteiger partial charge in [-0.3, -0.25) is 9.59 Å². The van der Waals surface area contributed by atoms with E-state index < -0.39 is 23.3 Å². The normalized spacial score (nSPS) is 16.2. The van der Waals surface area contributed by atoms with Gasteiger partial charge >= 0.3 is 11.9 Å². The lowest BCUT2D eigenvalue weighted by molar-refractivity contribution is -0.134. The molecule has 0 saturated carbocycles. The van der Waals surface area contributed by atoms with Crippen molar-refractivity contribution in [3.05, 3.63) is 141 Å². The fraction of sp³-hybridized carbons (Fsp3) is 0.250. The average molecular weight is 714 g/mol. The van der Waals surface area contributed by atoms with Crippen LogP contribution in [0.1, 0.15) is 74.7 Å². The van der Waals surface area contributed by atoms with E-state index in [9.17, 15) is 29.4 Å². The first-order valence-electron chi connectivity index (χ1n) is 16.3. The first-order valence-corrected chi connectivity index (χ1v) is 16.7. The number of halogens is 1. The van der Waals surface area contributed by atoms with E-state index >= 15 is 0 Å². The number of aryl methyl sites for hydroxylation is 1. The van der Waals surface area contributed by atoms with Crippen molar-refractivity contribution < 1.29 is 44.3 Å². The number of aliphatic carboxylic acids is 2. The number of carbonyl (C=O) groups is 4. The Kier molecular flexibility index (Phi) is 12.9. The summed E-state index contributed by atoms with van der Waals surface area (Å²) in [6.07, 6.45) is 4.77. The zero-order valence-corrected chi connectivity index (χ0v) is 29.3. The third kappa shape index (κ3) is 9.49. The smallest absolute Gasteiger partial charge is 0.328 e. The van der Waals surface area contributed by atoms with Gasteiger partial charge in [-0.1, -0.05) is 66.2 Å². The van der Waals surface area contributed by atoms with E-state index in [0.29, 0.717) is 23.8 Å². The Morgan fingerprint density at radius 1 is 0.843 bits per heavy atom. The van der Waals surface area contributed by atoms with E-state index in [2.05, 4.69) is 55.3 Å². The zero-order valence-electron chi connectivity index (χ0n) is 28.5. The van der Waals surface area contributed by atoms with Gasteiger partial charge in [-0.25, -0.2) is 9.59 Å². The maximum atomic E-state index is 12.3. The summed E-state index contributed by atoms with van der Waals surface area (Å²) >= 11 is 6.07. The fourth-order valence-corrected chi connectivity index (χ4v) is 6.29. The minimum absolute atomic E-state index is 0.0374. The van der Waals surface area contributed by atoms with Crippen LogP contribution in [0.25, 0.3) is 0 Å². The highest BCUT2D eigenvalue weighted by Gasteiger charge is 2.34. The summed E-state index contributed by atoms with van der Waals surface area (Å²) in [7, 11) is 2.22. The highest BCUT2D eigenvalue weighted by molar-refractivity contribution is 6.31. The molecule has 0 spiro atoms. The Bertz CT molecular complexity index is 1910. The van der Waals surface area contributed by atoms with Crippen LogP contribution in [0, 0.1) is 6.92 Å². The molecule has 1 aliphatic carbocycles. The van der Waals surface area contributed by atoms with E-state index in [-0.39, 0.29) is 39.5 Å². The molecule has 10 nitrogen and oxygen atoms in total.